The summed E-state index contributed by atoms with van der Waals surface area (Å²) in [6.07, 6.45) is 0. The normalized spacial score (nSPS) is 13.3. The van der Waals surface area contributed by atoms with Crippen molar-refractivity contribution in [3.05, 3.63) is 0 Å². The summed E-state index contributed by atoms with van der Waals surface area (Å²) >= 11 is 7.97. The van der Waals surface area contributed by atoms with E-state index in [-0.39, 0.29) is 24.1 Å². The van der Waals surface area contributed by atoms with Crippen LogP contribution in [0.1, 0.15) is 0 Å². The summed E-state index contributed by atoms with van der Waals surface area (Å²) in [5, 5.41) is 10.1. The van der Waals surface area contributed by atoms with Crippen molar-refractivity contribution in [2.24, 2.45) is 0 Å². The van der Waals surface area contributed by atoms with Gasteiger partial charge in [-0.05, 0) is 7.05 Å². The summed E-state index contributed by atoms with van der Waals surface area (Å²) in [5.41, 5.74) is 0. The lowest BCUT2D eigenvalue weighted by Crippen LogP contribution is -2.51. The first-order valence-electron chi connectivity index (χ1n) is 5.67. The summed E-state index contributed by atoms with van der Waals surface area (Å²) in [5.74, 6) is -0.616. The Bertz CT molecular complexity index is 324. The van der Waals surface area contributed by atoms with Crippen LogP contribution in [0, 0.1) is 0 Å². The van der Waals surface area contributed by atoms with Crippen LogP contribution in [0.15, 0.2) is 0 Å². The summed E-state index contributed by atoms with van der Waals surface area (Å²) in [6, 6.07) is -1.18. The van der Waals surface area contributed by atoms with Gasteiger partial charge in [0.2, 0.25) is 17.7 Å². The van der Waals surface area contributed by atoms with Gasteiger partial charge < -0.3 is 21.3 Å². The molecule has 0 aliphatic rings. The Hall–Kier alpha value is -0.930. The average Bonchev–Trinajstić information content (AvgIpc) is 2.42. The molecule has 2 atom stereocenters. The molecule has 0 saturated carbocycles. The van der Waals surface area contributed by atoms with Crippen molar-refractivity contribution < 1.29 is 14.4 Å². The molecule has 0 fully saturated rings. The van der Waals surface area contributed by atoms with Gasteiger partial charge in [-0.1, -0.05) is 0 Å². The molecular formula is C10H20N4O3S2. The van der Waals surface area contributed by atoms with Crippen molar-refractivity contribution in [3.8, 4) is 0 Å². The van der Waals surface area contributed by atoms with Crippen LogP contribution in [-0.4, -0.2) is 62.0 Å². The molecule has 0 rings (SSSR count). The lowest BCUT2D eigenvalue weighted by atomic mass is 10.3. The number of hydrogen-bond acceptors (Lipinski definition) is 6. The predicted octanol–water partition coefficient (Wildman–Crippen LogP) is -2.22. The number of carbonyl (C=O) groups excluding carboxylic acids is 3. The molecule has 3 amide bonds. The maximum Gasteiger partial charge on any atom is 0.243 e. The molecule has 2 unspecified atom stereocenters. The highest BCUT2D eigenvalue weighted by atomic mass is 32.1. The van der Waals surface area contributed by atoms with E-state index in [4.69, 9.17) is 0 Å². The molecule has 9 heteroatoms. The first kappa shape index (κ1) is 18.1. The molecule has 110 valence electrons. The molecule has 0 aliphatic carbocycles. The first-order chi connectivity index (χ1) is 8.99. The van der Waals surface area contributed by atoms with Crippen molar-refractivity contribution in [2.45, 2.75) is 12.1 Å². The number of thiol groups is 2. The summed E-state index contributed by atoms with van der Waals surface area (Å²) in [4.78, 5) is 34.5. The van der Waals surface area contributed by atoms with Crippen LogP contribution in [0.2, 0.25) is 0 Å². The van der Waals surface area contributed by atoms with Gasteiger partial charge in [-0.15, -0.1) is 0 Å². The summed E-state index contributed by atoms with van der Waals surface area (Å²) in [6.45, 7) is -0.202. The molecule has 0 aromatic rings. The highest BCUT2D eigenvalue weighted by Gasteiger charge is 2.19. The van der Waals surface area contributed by atoms with E-state index in [0.29, 0.717) is 5.75 Å². The zero-order chi connectivity index (χ0) is 14.8. The Morgan fingerprint density at radius 1 is 1.00 bits per heavy atom. The van der Waals surface area contributed by atoms with E-state index in [1.54, 1.807) is 7.05 Å². The fourth-order valence-electron chi connectivity index (χ4n) is 1.21. The second kappa shape index (κ2) is 9.93. The van der Waals surface area contributed by atoms with Crippen LogP contribution in [0.25, 0.3) is 0 Å². The molecule has 0 aromatic carbocycles. The van der Waals surface area contributed by atoms with Gasteiger partial charge in [0, 0.05) is 18.6 Å². The first-order valence-corrected chi connectivity index (χ1v) is 6.94. The smallest absolute Gasteiger partial charge is 0.243 e. The molecule has 0 radical (unpaired) electrons. The second-order valence-corrected chi connectivity index (χ2v) is 4.39. The molecule has 0 aromatic heterocycles. The van der Waals surface area contributed by atoms with E-state index in [9.17, 15) is 14.4 Å². The fourth-order valence-corrected chi connectivity index (χ4v) is 1.82. The predicted molar refractivity (Wildman–Crippen MR) is 79.6 cm³/mol. The number of likely N-dealkylation sites (N-methyl/N-ethyl adjacent to an activating group) is 2. The highest BCUT2D eigenvalue weighted by Crippen LogP contribution is 1.89. The van der Waals surface area contributed by atoms with Gasteiger partial charge in [-0.3, -0.25) is 14.4 Å². The molecule has 7 nitrogen and oxygen atoms in total. The van der Waals surface area contributed by atoms with Gasteiger partial charge in [-0.25, -0.2) is 0 Å². The van der Waals surface area contributed by atoms with Crippen LogP contribution in [0.3, 0.4) is 0 Å². The molecular weight excluding hydrogens is 288 g/mol. The van der Waals surface area contributed by atoms with Crippen LogP contribution in [0.4, 0.5) is 0 Å². The Kier molecular flexibility index (Phi) is 9.44. The van der Waals surface area contributed by atoms with Gasteiger partial charge in [-0.2, -0.15) is 25.3 Å². The fraction of sp³-hybridized carbons (Fsp3) is 0.700. The number of nitrogens with one attached hydrogen (secondary N) is 4. The summed E-state index contributed by atoms with van der Waals surface area (Å²) in [7, 11) is 3.10. The van der Waals surface area contributed by atoms with Crippen molar-refractivity contribution in [1.29, 1.82) is 0 Å². The Labute approximate surface area is 123 Å². The van der Waals surface area contributed by atoms with E-state index in [1.807, 2.05) is 0 Å². The van der Waals surface area contributed by atoms with E-state index in [2.05, 4.69) is 46.5 Å². The number of carbonyl (C=O) groups is 3. The van der Waals surface area contributed by atoms with Crippen molar-refractivity contribution >= 4 is 43.0 Å². The highest BCUT2D eigenvalue weighted by molar-refractivity contribution is 7.80. The Morgan fingerprint density at radius 3 is 2.00 bits per heavy atom. The Balaban J connectivity index is 4.17. The molecule has 0 spiro atoms. The quantitative estimate of drug-likeness (QED) is 0.286. The third kappa shape index (κ3) is 6.69. The minimum absolute atomic E-state index is 0.176. The minimum atomic E-state index is -0.720. The van der Waals surface area contributed by atoms with E-state index in [0.717, 1.165) is 0 Å². The molecule has 0 saturated heterocycles. The third-order valence-corrected chi connectivity index (χ3v) is 3.08. The average molecular weight is 308 g/mol. The van der Waals surface area contributed by atoms with E-state index in [1.165, 1.54) is 7.05 Å². The lowest BCUT2D eigenvalue weighted by Gasteiger charge is -2.16. The molecule has 4 N–H and O–H groups in total. The van der Waals surface area contributed by atoms with Gasteiger partial charge >= 0.3 is 0 Å². The van der Waals surface area contributed by atoms with Crippen LogP contribution >= 0.6 is 25.3 Å². The van der Waals surface area contributed by atoms with Gasteiger partial charge in [0.15, 0.2) is 0 Å². The third-order valence-electron chi connectivity index (χ3n) is 2.35. The maximum atomic E-state index is 11.6. The van der Waals surface area contributed by atoms with Crippen LogP contribution in [-0.2, 0) is 14.4 Å². The Morgan fingerprint density at radius 2 is 1.58 bits per heavy atom. The number of hydrogen-bond donors (Lipinski definition) is 6. The van der Waals surface area contributed by atoms with Gasteiger partial charge in [0.25, 0.3) is 0 Å². The van der Waals surface area contributed by atoms with Crippen molar-refractivity contribution in [3.63, 3.8) is 0 Å². The van der Waals surface area contributed by atoms with Crippen molar-refractivity contribution in [1.82, 2.24) is 21.3 Å². The second-order valence-electron chi connectivity index (χ2n) is 3.66. The van der Waals surface area contributed by atoms with Crippen LogP contribution < -0.4 is 21.3 Å². The van der Waals surface area contributed by atoms with E-state index >= 15 is 0 Å². The molecule has 19 heavy (non-hydrogen) atoms. The molecule has 0 aliphatic heterocycles. The molecule has 0 heterocycles. The summed E-state index contributed by atoms with van der Waals surface area (Å²) < 4.78 is 0. The van der Waals surface area contributed by atoms with Crippen LogP contribution in [0.5, 0.6) is 0 Å². The SMILES string of the molecule is CNC(=O)C(CS)NC(=O)CNC(=O)C(CS)NC. The molecule has 0 bridgehead atoms. The largest absolute Gasteiger partial charge is 0.357 e. The van der Waals surface area contributed by atoms with Crippen molar-refractivity contribution in [2.75, 3.05) is 32.1 Å². The van der Waals surface area contributed by atoms with Gasteiger partial charge in [0.05, 0.1) is 12.6 Å². The number of amides is 3. The number of rotatable bonds is 8. The topological polar surface area (TPSA) is 99.3 Å². The lowest BCUT2D eigenvalue weighted by molar-refractivity contribution is -0.129. The maximum absolute atomic E-state index is 11.6. The zero-order valence-electron chi connectivity index (χ0n) is 10.9. The minimum Gasteiger partial charge on any atom is -0.357 e. The monoisotopic (exact) mass is 308 g/mol. The van der Waals surface area contributed by atoms with E-state index < -0.39 is 18.0 Å². The zero-order valence-corrected chi connectivity index (χ0v) is 12.7. The standard InChI is InChI=1S/C10H20N4O3S2/c1-11-6(4-18)10(17)13-3-8(15)14-7(5-19)9(16)12-2/h6-7,11,18-19H,3-5H2,1-2H3,(H,12,16)(H,13,17)(H,14,15). The van der Waals surface area contributed by atoms with Gasteiger partial charge in [0.1, 0.15) is 6.04 Å².